The number of carbonyl (C=O) groups is 1. The normalized spacial score (nSPS) is 11.5. The second kappa shape index (κ2) is 3.64. The molecule has 0 spiro atoms. The summed E-state index contributed by atoms with van der Waals surface area (Å²) >= 11 is 2.75. The number of ketones is 1. The van der Waals surface area contributed by atoms with Gasteiger partial charge in [0.1, 0.15) is 4.60 Å². The first-order chi connectivity index (χ1) is 6.32. The van der Waals surface area contributed by atoms with Crippen molar-refractivity contribution in [1.29, 1.82) is 0 Å². The number of pyridine rings is 1. The zero-order valence-electron chi connectivity index (χ0n) is 6.40. The Bertz CT molecular complexity index is 376. The summed E-state index contributed by atoms with van der Waals surface area (Å²) in [6, 6.07) is 1.78. The molecular weight excluding hydrogens is 270 g/mol. The zero-order chi connectivity index (χ0) is 10.9. The quantitative estimate of drug-likeness (QED) is 0.447. The van der Waals surface area contributed by atoms with Crippen LogP contribution < -0.4 is 0 Å². The van der Waals surface area contributed by atoms with Crippen molar-refractivity contribution in [1.82, 2.24) is 4.98 Å². The Balaban J connectivity index is 3.15. The number of hydrogen-bond acceptors (Lipinski definition) is 2. The van der Waals surface area contributed by atoms with Gasteiger partial charge in [-0.3, -0.25) is 4.79 Å². The van der Waals surface area contributed by atoms with Gasteiger partial charge in [0.05, 0.1) is 5.56 Å². The molecule has 76 valence electrons. The van der Waals surface area contributed by atoms with E-state index in [1.807, 2.05) is 0 Å². The molecule has 0 saturated carbocycles. The van der Waals surface area contributed by atoms with Gasteiger partial charge in [-0.1, -0.05) is 0 Å². The van der Waals surface area contributed by atoms with Gasteiger partial charge in [-0.2, -0.15) is 17.6 Å². The molecule has 2 nitrogen and oxygen atoms in total. The van der Waals surface area contributed by atoms with Gasteiger partial charge < -0.3 is 0 Å². The summed E-state index contributed by atoms with van der Waals surface area (Å²) < 4.78 is 48.4. The van der Waals surface area contributed by atoms with E-state index in [4.69, 9.17) is 0 Å². The van der Waals surface area contributed by atoms with Gasteiger partial charge >= 0.3 is 6.18 Å². The molecule has 1 aromatic heterocycles. The van der Waals surface area contributed by atoms with Crippen molar-refractivity contribution in [2.45, 2.75) is 6.18 Å². The Morgan fingerprint density at radius 2 is 1.93 bits per heavy atom. The molecule has 0 unspecified atom stereocenters. The molecule has 1 heterocycles. The van der Waals surface area contributed by atoms with Gasteiger partial charge in [0.15, 0.2) is 0 Å². The van der Waals surface area contributed by atoms with Crippen molar-refractivity contribution in [2.24, 2.45) is 0 Å². The van der Waals surface area contributed by atoms with Crippen LogP contribution in [-0.4, -0.2) is 16.9 Å². The smallest absolute Gasteiger partial charge is 0.284 e. The second-order valence-corrected chi connectivity index (χ2v) is 3.11. The second-order valence-electron chi connectivity index (χ2n) is 2.30. The molecular formula is C7H2BrF4NO. The van der Waals surface area contributed by atoms with E-state index in [0.717, 1.165) is 12.1 Å². The molecule has 1 rings (SSSR count). The van der Waals surface area contributed by atoms with E-state index < -0.39 is 23.5 Å². The van der Waals surface area contributed by atoms with Gasteiger partial charge in [-0.15, -0.1) is 0 Å². The van der Waals surface area contributed by atoms with Crippen LogP contribution in [0.5, 0.6) is 0 Å². The minimum absolute atomic E-state index is 0.0220. The molecule has 0 saturated heterocycles. The SMILES string of the molecule is O=C(c1ccc(Br)nc1F)C(F)(F)F. The molecule has 0 aliphatic rings. The predicted octanol–water partition coefficient (Wildman–Crippen LogP) is 2.73. The van der Waals surface area contributed by atoms with Crippen LogP contribution in [0.3, 0.4) is 0 Å². The third-order valence-electron chi connectivity index (χ3n) is 1.32. The lowest BCUT2D eigenvalue weighted by Crippen LogP contribution is -2.24. The van der Waals surface area contributed by atoms with Crippen molar-refractivity contribution in [3.05, 3.63) is 28.2 Å². The molecule has 0 aromatic carbocycles. The van der Waals surface area contributed by atoms with Crippen LogP contribution in [0.4, 0.5) is 17.6 Å². The monoisotopic (exact) mass is 271 g/mol. The lowest BCUT2D eigenvalue weighted by Gasteiger charge is -2.05. The number of Topliss-reactive ketones (excluding diaryl/α,β-unsaturated/α-hetero) is 1. The van der Waals surface area contributed by atoms with E-state index in [0.29, 0.717) is 0 Å². The molecule has 0 bridgehead atoms. The molecule has 0 aliphatic carbocycles. The maximum absolute atomic E-state index is 12.8. The molecule has 0 radical (unpaired) electrons. The molecule has 0 aliphatic heterocycles. The Labute approximate surface area is 84.1 Å². The Hall–Kier alpha value is -0.980. The number of aromatic nitrogens is 1. The highest BCUT2D eigenvalue weighted by molar-refractivity contribution is 9.10. The van der Waals surface area contributed by atoms with Gasteiger partial charge in [0.25, 0.3) is 5.78 Å². The molecule has 0 N–H and O–H groups in total. The van der Waals surface area contributed by atoms with E-state index in [-0.39, 0.29) is 4.60 Å². The Kier molecular flexibility index (Phi) is 2.89. The number of halogens is 5. The van der Waals surface area contributed by atoms with E-state index in [9.17, 15) is 22.4 Å². The fraction of sp³-hybridized carbons (Fsp3) is 0.143. The molecule has 1 aromatic rings. The highest BCUT2D eigenvalue weighted by Crippen LogP contribution is 2.23. The highest BCUT2D eigenvalue weighted by Gasteiger charge is 2.41. The molecule has 7 heteroatoms. The third kappa shape index (κ3) is 2.28. The Morgan fingerprint density at radius 1 is 1.36 bits per heavy atom. The van der Waals surface area contributed by atoms with Crippen molar-refractivity contribution >= 4 is 21.7 Å². The average Bonchev–Trinajstić information content (AvgIpc) is 2.01. The van der Waals surface area contributed by atoms with Crippen LogP contribution in [0.15, 0.2) is 16.7 Å². The number of rotatable bonds is 1. The van der Waals surface area contributed by atoms with Crippen LogP contribution in [0, 0.1) is 5.95 Å². The van der Waals surface area contributed by atoms with E-state index in [1.54, 1.807) is 0 Å². The first-order valence-electron chi connectivity index (χ1n) is 3.26. The van der Waals surface area contributed by atoms with Crippen molar-refractivity contribution in [2.75, 3.05) is 0 Å². The lowest BCUT2D eigenvalue weighted by molar-refractivity contribution is -0.0888. The fourth-order valence-electron chi connectivity index (χ4n) is 0.734. The van der Waals surface area contributed by atoms with Gasteiger partial charge in [0.2, 0.25) is 5.95 Å². The lowest BCUT2D eigenvalue weighted by atomic mass is 10.2. The first-order valence-corrected chi connectivity index (χ1v) is 4.05. The summed E-state index contributed by atoms with van der Waals surface area (Å²) in [7, 11) is 0. The summed E-state index contributed by atoms with van der Waals surface area (Å²) in [4.78, 5) is 13.6. The van der Waals surface area contributed by atoms with Crippen LogP contribution in [0.2, 0.25) is 0 Å². The first kappa shape index (κ1) is 11.1. The third-order valence-corrected chi connectivity index (χ3v) is 1.76. The van der Waals surface area contributed by atoms with E-state index >= 15 is 0 Å². The summed E-state index contributed by atoms with van der Waals surface area (Å²) in [6.07, 6.45) is -5.09. The van der Waals surface area contributed by atoms with E-state index in [1.165, 1.54) is 0 Å². The minimum Gasteiger partial charge on any atom is -0.284 e. The number of alkyl halides is 3. The van der Waals surface area contributed by atoms with Crippen molar-refractivity contribution < 1.29 is 22.4 Å². The number of nitrogens with zero attached hydrogens (tertiary/aromatic N) is 1. The number of carbonyl (C=O) groups excluding carboxylic acids is 1. The maximum atomic E-state index is 12.8. The van der Waals surface area contributed by atoms with Gasteiger partial charge in [-0.05, 0) is 28.1 Å². The molecule has 0 atom stereocenters. The van der Waals surface area contributed by atoms with Gasteiger partial charge in [-0.25, -0.2) is 4.98 Å². The number of hydrogen-bond donors (Lipinski definition) is 0. The molecule has 14 heavy (non-hydrogen) atoms. The molecule has 0 amide bonds. The minimum atomic E-state index is -5.09. The highest BCUT2D eigenvalue weighted by atomic mass is 79.9. The van der Waals surface area contributed by atoms with Crippen LogP contribution in [-0.2, 0) is 0 Å². The predicted molar refractivity (Wildman–Crippen MR) is 42.3 cm³/mol. The van der Waals surface area contributed by atoms with Crippen LogP contribution in [0.25, 0.3) is 0 Å². The van der Waals surface area contributed by atoms with Crippen molar-refractivity contribution in [3.8, 4) is 0 Å². The standard InChI is InChI=1S/C7H2BrF4NO/c8-4-2-1-3(6(9)13-4)5(14)7(10,11)12/h1-2H. The zero-order valence-corrected chi connectivity index (χ0v) is 7.99. The Morgan fingerprint density at radius 3 is 2.36 bits per heavy atom. The van der Waals surface area contributed by atoms with Gasteiger partial charge in [0, 0.05) is 0 Å². The van der Waals surface area contributed by atoms with E-state index in [2.05, 4.69) is 20.9 Å². The van der Waals surface area contributed by atoms with Crippen LogP contribution in [0.1, 0.15) is 10.4 Å². The largest absolute Gasteiger partial charge is 0.455 e. The topological polar surface area (TPSA) is 30.0 Å². The summed E-state index contributed by atoms with van der Waals surface area (Å²) in [6.45, 7) is 0. The van der Waals surface area contributed by atoms with Crippen LogP contribution >= 0.6 is 15.9 Å². The fourth-order valence-corrected chi connectivity index (χ4v) is 1.02. The summed E-state index contributed by atoms with van der Waals surface area (Å²) in [5.74, 6) is -3.68. The van der Waals surface area contributed by atoms with Crippen molar-refractivity contribution in [3.63, 3.8) is 0 Å². The summed E-state index contributed by atoms with van der Waals surface area (Å²) in [5, 5.41) is 0. The maximum Gasteiger partial charge on any atom is 0.455 e. The molecule has 0 fully saturated rings. The summed E-state index contributed by atoms with van der Waals surface area (Å²) in [5.41, 5.74) is -1.08. The average molecular weight is 272 g/mol.